The first kappa shape index (κ1) is 17.5. The predicted molar refractivity (Wildman–Crippen MR) is 70.7 cm³/mol. The van der Waals surface area contributed by atoms with Crippen molar-refractivity contribution in [3.8, 4) is 0 Å². The molecule has 1 amide bonds. The Balaban J connectivity index is 0. The average Bonchev–Trinajstić information content (AvgIpc) is 2.13. The SMILES string of the molecule is CSCCC(N)C(=O)NCCC(C)C.Cl. The Morgan fingerprint density at radius 2 is 2.00 bits per heavy atom. The molecule has 0 radical (unpaired) electrons. The van der Waals surface area contributed by atoms with Gasteiger partial charge in [0, 0.05) is 6.54 Å². The van der Waals surface area contributed by atoms with Gasteiger partial charge in [-0.1, -0.05) is 13.8 Å². The maximum Gasteiger partial charge on any atom is 0.236 e. The number of hydrogen-bond acceptors (Lipinski definition) is 3. The molecule has 0 heterocycles. The highest BCUT2D eigenvalue weighted by molar-refractivity contribution is 7.98. The van der Waals surface area contributed by atoms with Crippen LogP contribution in [-0.4, -0.2) is 30.5 Å². The van der Waals surface area contributed by atoms with E-state index in [1.165, 1.54) is 0 Å². The summed E-state index contributed by atoms with van der Waals surface area (Å²) in [5.74, 6) is 1.55. The van der Waals surface area contributed by atoms with E-state index >= 15 is 0 Å². The van der Waals surface area contributed by atoms with Gasteiger partial charge in [-0.25, -0.2) is 0 Å². The lowest BCUT2D eigenvalue weighted by Crippen LogP contribution is -2.41. The zero-order valence-electron chi connectivity index (χ0n) is 9.79. The van der Waals surface area contributed by atoms with Crippen molar-refractivity contribution in [1.29, 1.82) is 0 Å². The van der Waals surface area contributed by atoms with Crippen LogP contribution < -0.4 is 11.1 Å². The third kappa shape index (κ3) is 10.4. The molecule has 3 nitrogen and oxygen atoms in total. The minimum absolute atomic E-state index is 0. The van der Waals surface area contributed by atoms with Gasteiger partial charge in [0.05, 0.1) is 6.04 Å². The molecule has 0 rings (SSSR count). The van der Waals surface area contributed by atoms with Gasteiger partial charge in [-0.05, 0) is 30.8 Å². The second-order valence-corrected chi connectivity index (χ2v) is 4.85. The minimum Gasteiger partial charge on any atom is -0.355 e. The van der Waals surface area contributed by atoms with Gasteiger partial charge in [-0.15, -0.1) is 12.4 Å². The summed E-state index contributed by atoms with van der Waals surface area (Å²) in [7, 11) is 0. The first-order valence-corrected chi connectivity index (χ1v) is 6.49. The Labute approximate surface area is 103 Å². The fourth-order valence-electron chi connectivity index (χ4n) is 0.991. The molecule has 0 aliphatic carbocycles. The van der Waals surface area contributed by atoms with E-state index in [1.54, 1.807) is 11.8 Å². The number of rotatable bonds is 7. The molecule has 0 fully saturated rings. The molecule has 5 heteroatoms. The van der Waals surface area contributed by atoms with E-state index in [-0.39, 0.29) is 24.4 Å². The summed E-state index contributed by atoms with van der Waals surface area (Å²) in [6, 6.07) is -0.338. The van der Waals surface area contributed by atoms with Crippen molar-refractivity contribution in [3.63, 3.8) is 0 Å². The number of carbonyl (C=O) groups excluding carboxylic acids is 1. The number of amides is 1. The smallest absolute Gasteiger partial charge is 0.236 e. The van der Waals surface area contributed by atoms with Crippen LogP contribution in [0.2, 0.25) is 0 Å². The highest BCUT2D eigenvalue weighted by Gasteiger charge is 2.11. The Morgan fingerprint density at radius 1 is 1.40 bits per heavy atom. The number of thioether (sulfide) groups is 1. The lowest BCUT2D eigenvalue weighted by molar-refractivity contribution is -0.122. The van der Waals surface area contributed by atoms with E-state index < -0.39 is 0 Å². The van der Waals surface area contributed by atoms with Crippen LogP contribution in [0.15, 0.2) is 0 Å². The Morgan fingerprint density at radius 3 is 2.47 bits per heavy atom. The highest BCUT2D eigenvalue weighted by atomic mass is 35.5. The fourth-order valence-corrected chi connectivity index (χ4v) is 1.48. The zero-order valence-corrected chi connectivity index (χ0v) is 11.4. The Hall–Kier alpha value is 0.0700. The Bertz CT molecular complexity index is 168. The fraction of sp³-hybridized carbons (Fsp3) is 0.900. The first-order valence-electron chi connectivity index (χ1n) is 5.10. The van der Waals surface area contributed by atoms with Gasteiger partial charge in [-0.2, -0.15) is 11.8 Å². The monoisotopic (exact) mass is 254 g/mol. The summed E-state index contributed by atoms with van der Waals surface area (Å²) in [4.78, 5) is 11.4. The topological polar surface area (TPSA) is 55.1 Å². The molecule has 0 bridgehead atoms. The van der Waals surface area contributed by atoms with Crippen molar-refractivity contribution in [2.45, 2.75) is 32.7 Å². The normalized spacial score (nSPS) is 12.1. The summed E-state index contributed by atoms with van der Waals surface area (Å²) in [6.07, 6.45) is 3.79. The summed E-state index contributed by atoms with van der Waals surface area (Å²) < 4.78 is 0. The molecular formula is C10H23ClN2OS. The average molecular weight is 255 g/mol. The maximum atomic E-state index is 11.4. The maximum absolute atomic E-state index is 11.4. The van der Waals surface area contributed by atoms with Gasteiger partial charge >= 0.3 is 0 Å². The molecule has 92 valence electrons. The molecular weight excluding hydrogens is 232 g/mol. The molecule has 0 aliphatic heterocycles. The van der Waals surface area contributed by atoms with Gasteiger partial charge in [0.25, 0.3) is 0 Å². The largest absolute Gasteiger partial charge is 0.355 e. The van der Waals surface area contributed by atoms with Gasteiger partial charge in [0.2, 0.25) is 5.91 Å². The number of hydrogen-bond donors (Lipinski definition) is 2. The van der Waals surface area contributed by atoms with Crippen LogP contribution in [0.25, 0.3) is 0 Å². The van der Waals surface area contributed by atoms with Crippen LogP contribution in [0.3, 0.4) is 0 Å². The van der Waals surface area contributed by atoms with Crippen molar-refractivity contribution in [2.24, 2.45) is 11.7 Å². The van der Waals surface area contributed by atoms with Gasteiger partial charge < -0.3 is 11.1 Å². The standard InChI is InChI=1S/C10H22N2OS.ClH/c1-8(2)4-6-12-10(13)9(11)5-7-14-3;/h8-9H,4-7,11H2,1-3H3,(H,12,13);1H. The number of nitrogens with two attached hydrogens (primary N) is 1. The minimum atomic E-state index is -0.338. The second kappa shape index (κ2) is 10.6. The molecule has 0 aromatic rings. The molecule has 15 heavy (non-hydrogen) atoms. The number of carbonyl (C=O) groups is 1. The van der Waals surface area contributed by atoms with Crippen LogP contribution in [0.4, 0.5) is 0 Å². The summed E-state index contributed by atoms with van der Waals surface area (Å²) in [6.45, 7) is 5.02. The van der Waals surface area contributed by atoms with Gasteiger partial charge in [0.1, 0.15) is 0 Å². The molecule has 0 aromatic heterocycles. The first-order chi connectivity index (χ1) is 6.57. The quantitative estimate of drug-likeness (QED) is 0.727. The van der Waals surface area contributed by atoms with Crippen molar-refractivity contribution in [2.75, 3.05) is 18.6 Å². The predicted octanol–water partition coefficient (Wildman–Crippen LogP) is 1.65. The van der Waals surface area contributed by atoms with E-state index in [4.69, 9.17) is 5.73 Å². The van der Waals surface area contributed by atoms with Crippen LogP contribution in [-0.2, 0) is 4.79 Å². The van der Waals surface area contributed by atoms with E-state index in [9.17, 15) is 4.79 Å². The Kier molecular flexibility index (Phi) is 12.3. The molecule has 0 spiro atoms. The van der Waals surface area contributed by atoms with Gasteiger partial charge in [-0.3, -0.25) is 4.79 Å². The van der Waals surface area contributed by atoms with Crippen molar-refractivity contribution in [3.05, 3.63) is 0 Å². The van der Waals surface area contributed by atoms with Crippen molar-refractivity contribution >= 4 is 30.1 Å². The van der Waals surface area contributed by atoms with Crippen molar-refractivity contribution in [1.82, 2.24) is 5.32 Å². The van der Waals surface area contributed by atoms with Crippen LogP contribution >= 0.6 is 24.2 Å². The van der Waals surface area contributed by atoms with Crippen LogP contribution in [0.1, 0.15) is 26.7 Å². The molecule has 1 unspecified atom stereocenters. The van der Waals surface area contributed by atoms with Crippen LogP contribution in [0, 0.1) is 5.92 Å². The molecule has 1 atom stereocenters. The van der Waals surface area contributed by atoms with E-state index in [1.807, 2.05) is 6.26 Å². The molecule has 0 aromatic carbocycles. The van der Waals surface area contributed by atoms with E-state index in [0.29, 0.717) is 5.92 Å². The molecule has 0 saturated carbocycles. The number of nitrogens with one attached hydrogen (secondary N) is 1. The lowest BCUT2D eigenvalue weighted by atomic mass is 10.1. The number of halogens is 1. The second-order valence-electron chi connectivity index (χ2n) is 3.86. The van der Waals surface area contributed by atoms with E-state index in [2.05, 4.69) is 19.2 Å². The summed E-state index contributed by atoms with van der Waals surface area (Å²) in [5.41, 5.74) is 5.69. The lowest BCUT2D eigenvalue weighted by Gasteiger charge is -2.12. The van der Waals surface area contributed by atoms with Crippen molar-refractivity contribution < 1.29 is 4.79 Å². The third-order valence-electron chi connectivity index (χ3n) is 1.99. The summed E-state index contributed by atoms with van der Waals surface area (Å²) >= 11 is 1.72. The molecule has 0 saturated heterocycles. The van der Waals surface area contributed by atoms with Crippen LogP contribution in [0.5, 0.6) is 0 Å². The highest BCUT2D eigenvalue weighted by Crippen LogP contribution is 2.00. The zero-order chi connectivity index (χ0) is 11.0. The van der Waals surface area contributed by atoms with E-state index in [0.717, 1.165) is 25.1 Å². The molecule has 3 N–H and O–H groups in total. The van der Waals surface area contributed by atoms with Gasteiger partial charge in [0.15, 0.2) is 0 Å². The summed E-state index contributed by atoms with van der Waals surface area (Å²) in [5, 5.41) is 2.85. The molecule has 0 aliphatic rings. The third-order valence-corrected chi connectivity index (χ3v) is 2.63.